The van der Waals surface area contributed by atoms with E-state index in [1.165, 1.54) is 20.4 Å². The van der Waals surface area contributed by atoms with Crippen molar-refractivity contribution in [1.29, 1.82) is 0 Å². The number of rotatable bonds is 8. The number of benzene rings is 2. The van der Waals surface area contributed by atoms with Crippen molar-refractivity contribution >= 4 is 29.1 Å². The minimum atomic E-state index is -0.416. The maximum atomic E-state index is 12.3. The third-order valence-electron chi connectivity index (χ3n) is 4.42. The molecule has 0 atom stereocenters. The monoisotopic (exact) mass is 434 g/mol. The lowest BCUT2D eigenvalue weighted by Crippen LogP contribution is -2.32. The molecule has 0 unspecified atom stereocenters. The quantitative estimate of drug-likeness (QED) is 0.502. The summed E-state index contributed by atoms with van der Waals surface area (Å²) in [5.41, 5.74) is 1.70. The first kappa shape index (κ1) is 22.3. The molecule has 2 aromatic carbocycles. The standard InChI is InChI=1S/C23H22N4O5/c1-31-18-8-5-15(6-9-18)22(29)25-14-21(28)26-17-7-10-19(20(12-17)32-2)27-23(30)16-4-3-11-24-13-16/h3-13H,14H2,1-2H3,(H,25,29)(H,26,28)(H,27,30). The molecule has 0 fully saturated rings. The number of nitrogens with one attached hydrogen (secondary N) is 3. The summed E-state index contributed by atoms with van der Waals surface area (Å²) in [5, 5.41) is 7.97. The van der Waals surface area contributed by atoms with Crippen LogP contribution in [0.3, 0.4) is 0 Å². The Hall–Kier alpha value is -4.40. The van der Waals surface area contributed by atoms with Gasteiger partial charge in [-0.05, 0) is 48.5 Å². The SMILES string of the molecule is COc1ccc(C(=O)NCC(=O)Nc2ccc(NC(=O)c3cccnc3)c(OC)c2)cc1. The van der Waals surface area contributed by atoms with E-state index < -0.39 is 5.91 Å². The molecular weight excluding hydrogens is 412 g/mol. The predicted molar refractivity (Wildman–Crippen MR) is 119 cm³/mol. The van der Waals surface area contributed by atoms with Gasteiger partial charge < -0.3 is 25.4 Å². The summed E-state index contributed by atoms with van der Waals surface area (Å²) < 4.78 is 10.4. The van der Waals surface area contributed by atoms with E-state index in [4.69, 9.17) is 9.47 Å². The van der Waals surface area contributed by atoms with Crippen LogP contribution in [-0.2, 0) is 4.79 Å². The van der Waals surface area contributed by atoms with Gasteiger partial charge in [0, 0.05) is 29.7 Å². The average molecular weight is 434 g/mol. The lowest BCUT2D eigenvalue weighted by molar-refractivity contribution is -0.115. The molecule has 9 heteroatoms. The Bertz CT molecular complexity index is 1100. The summed E-state index contributed by atoms with van der Waals surface area (Å²) in [5.74, 6) is -0.139. The molecule has 32 heavy (non-hydrogen) atoms. The summed E-state index contributed by atoms with van der Waals surface area (Å²) in [6.07, 6.45) is 3.03. The number of anilines is 2. The lowest BCUT2D eigenvalue weighted by Gasteiger charge is -2.13. The maximum absolute atomic E-state index is 12.3. The predicted octanol–water partition coefficient (Wildman–Crippen LogP) is 2.72. The molecule has 0 aliphatic carbocycles. The maximum Gasteiger partial charge on any atom is 0.257 e. The normalized spacial score (nSPS) is 10.1. The van der Waals surface area contributed by atoms with Gasteiger partial charge in [0.25, 0.3) is 11.8 Å². The zero-order chi connectivity index (χ0) is 22.9. The molecule has 0 aliphatic rings. The number of ether oxygens (including phenoxy) is 2. The fourth-order valence-corrected chi connectivity index (χ4v) is 2.77. The van der Waals surface area contributed by atoms with Gasteiger partial charge in [-0.2, -0.15) is 0 Å². The first-order valence-corrected chi connectivity index (χ1v) is 9.61. The van der Waals surface area contributed by atoms with E-state index in [0.717, 1.165) is 0 Å². The third-order valence-corrected chi connectivity index (χ3v) is 4.42. The Morgan fingerprint density at radius 1 is 0.875 bits per heavy atom. The van der Waals surface area contributed by atoms with Crippen molar-refractivity contribution in [2.45, 2.75) is 0 Å². The van der Waals surface area contributed by atoms with Crippen molar-refractivity contribution in [3.63, 3.8) is 0 Å². The molecule has 164 valence electrons. The van der Waals surface area contributed by atoms with Crippen LogP contribution >= 0.6 is 0 Å². The Labute approximate surface area is 184 Å². The topological polar surface area (TPSA) is 119 Å². The van der Waals surface area contributed by atoms with Gasteiger partial charge in [-0.3, -0.25) is 19.4 Å². The summed E-state index contributed by atoms with van der Waals surface area (Å²) in [6, 6.07) is 14.6. The number of hydrogen-bond acceptors (Lipinski definition) is 6. The fourth-order valence-electron chi connectivity index (χ4n) is 2.77. The van der Waals surface area contributed by atoms with Crippen molar-refractivity contribution in [3.05, 3.63) is 78.1 Å². The van der Waals surface area contributed by atoms with E-state index in [9.17, 15) is 14.4 Å². The van der Waals surface area contributed by atoms with E-state index in [2.05, 4.69) is 20.9 Å². The van der Waals surface area contributed by atoms with Crippen molar-refractivity contribution in [2.24, 2.45) is 0 Å². The van der Waals surface area contributed by atoms with Gasteiger partial charge in [-0.25, -0.2) is 0 Å². The second-order valence-electron chi connectivity index (χ2n) is 6.57. The number of amides is 3. The highest BCUT2D eigenvalue weighted by Gasteiger charge is 2.13. The third kappa shape index (κ3) is 5.82. The van der Waals surface area contributed by atoms with Gasteiger partial charge in [0.2, 0.25) is 5.91 Å². The molecule has 0 aliphatic heterocycles. The van der Waals surface area contributed by atoms with Crippen molar-refractivity contribution in [1.82, 2.24) is 10.3 Å². The van der Waals surface area contributed by atoms with Crippen molar-refractivity contribution < 1.29 is 23.9 Å². The van der Waals surface area contributed by atoms with E-state index >= 15 is 0 Å². The number of methoxy groups -OCH3 is 2. The molecule has 3 rings (SSSR count). The van der Waals surface area contributed by atoms with Crippen LogP contribution in [-0.4, -0.2) is 43.5 Å². The van der Waals surface area contributed by atoms with Crippen LogP contribution in [0.5, 0.6) is 11.5 Å². The smallest absolute Gasteiger partial charge is 0.257 e. The number of aromatic nitrogens is 1. The molecule has 0 bridgehead atoms. The number of hydrogen-bond donors (Lipinski definition) is 3. The highest BCUT2D eigenvalue weighted by atomic mass is 16.5. The first-order chi connectivity index (χ1) is 15.5. The Morgan fingerprint density at radius 3 is 2.31 bits per heavy atom. The van der Waals surface area contributed by atoms with Crippen molar-refractivity contribution in [3.8, 4) is 11.5 Å². The second kappa shape index (κ2) is 10.6. The van der Waals surface area contributed by atoms with Crippen LogP contribution in [0, 0.1) is 0 Å². The zero-order valence-electron chi connectivity index (χ0n) is 17.5. The van der Waals surface area contributed by atoms with Gasteiger partial charge >= 0.3 is 0 Å². The number of nitrogens with zero attached hydrogens (tertiary/aromatic N) is 1. The van der Waals surface area contributed by atoms with E-state index in [1.54, 1.807) is 60.8 Å². The molecule has 1 heterocycles. The van der Waals surface area contributed by atoms with Gasteiger partial charge in [-0.15, -0.1) is 0 Å². The molecule has 3 aromatic rings. The Kier molecular flexibility index (Phi) is 7.37. The van der Waals surface area contributed by atoms with E-state index in [0.29, 0.717) is 34.0 Å². The van der Waals surface area contributed by atoms with Gasteiger partial charge in [0.05, 0.1) is 32.0 Å². The molecule has 0 saturated heterocycles. The van der Waals surface area contributed by atoms with Crippen molar-refractivity contribution in [2.75, 3.05) is 31.4 Å². The van der Waals surface area contributed by atoms with Gasteiger partial charge in [0.1, 0.15) is 11.5 Å². The minimum Gasteiger partial charge on any atom is -0.497 e. The summed E-state index contributed by atoms with van der Waals surface area (Å²) in [7, 11) is 2.99. The van der Waals surface area contributed by atoms with Crippen LogP contribution < -0.4 is 25.4 Å². The van der Waals surface area contributed by atoms with Crippen LogP contribution in [0.2, 0.25) is 0 Å². The Morgan fingerprint density at radius 2 is 1.66 bits per heavy atom. The van der Waals surface area contributed by atoms with Crippen LogP contribution in [0.25, 0.3) is 0 Å². The molecule has 0 radical (unpaired) electrons. The van der Waals surface area contributed by atoms with Crippen LogP contribution in [0.4, 0.5) is 11.4 Å². The zero-order valence-corrected chi connectivity index (χ0v) is 17.5. The molecule has 1 aromatic heterocycles. The van der Waals surface area contributed by atoms with E-state index in [1.807, 2.05) is 0 Å². The second-order valence-corrected chi connectivity index (χ2v) is 6.57. The summed E-state index contributed by atoms with van der Waals surface area (Å²) in [6.45, 7) is -0.216. The van der Waals surface area contributed by atoms with Gasteiger partial charge in [0.15, 0.2) is 0 Å². The molecule has 9 nitrogen and oxygen atoms in total. The largest absolute Gasteiger partial charge is 0.497 e. The molecule has 3 N–H and O–H groups in total. The molecule has 0 spiro atoms. The van der Waals surface area contributed by atoms with Gasteiger partial charge in [-0.1, -0.05) is 0 Å². The lowest BCUT2D eigenvalue weighted by atomic mass is 10.2. The Balaban J connectivity index is 1.57. The average Bonchev–Trinajstić information content (AvgIpc) is 2.84. The highest BCUT2D eigenvalue weighted by molar-refractivity contribution is 6.05. The number of carbonyl (C=O) groups excluding carboxylic acids is 3. The van der Waals surface area contributed by atoms with Crippen LogP contribution in [0.1, 0.15) is 20.7 Å². The first-order valence-electron chi connectivity index (χ1n) is 9.61. The molecule has 3 amide bonds. The number of pyridine rings is 1. The van der Waals surface area contributed by atoms with Crippen LogP contribution in [0.15, 0.2) is 67.0 Å². The summed E-state index contributed by atoms with van der Waals surface area (Å²) in [4.78, 5) is 40.6. The van der Waals surface area contributed by atoms with E-state index in [-0.39, 0.29) is 18.4 Å². The number of carbonyl (C=O) groups is 3. The fraction of sp³-hybridized carbons (Fsp3) is 0.130. The molecule has 0 saturated carbocycles. The highest BCUT2D eigenvalue weighted by Crippen LogP contribution is 2.28. The summed E-state index contributed by atoms with van der Waals surface area (Å²) >= 11 is 0. The minimum absolute atomic E-state index is 0.216. The molecular formula is C23H22N4O5.